The molecular formula is C18H19F3N2S2. The number of rotatable bonds is 6. The Kier molecular flexibility index (Phi) is 7.13. The van der Waals surface area contributed by atoms with E-state index in [1.54, 1.807) is 11.8 Å². The lowest BCUT2D eigenvalue weighted by Gasteiger charge is -2.12. The van der Waals surface area contributed by atoms with Gasteiger partial charge < -0.3 is 10.6 Å². The van der Waals surface area contributed by atoms with E-state index in [-0.39, 0.29) is 0 Å². The minimum atomic E-state index is -4.33. The number of benzene rings is 2. The van der Waals surface area contributed by atoms with Crippen molar-refractivity contribution in [3.8, 4) is 0 Å². The van der Waals surface area contributed by atoms with Crippen LogP contribution in [0.5, 0.6) is 0 Å². The number of thiocarbonyl (C=S) groups is 1. The summed E-state index contributed by atoms with van der Waals surface area (Å²) in [6.07, 6.45) is -4.33. The number of thioether (sulfide) groups is 1. The van der Waals surface area contributed by atoms with Crippen LogP contribution in [-0.2, 0) is 11.9 Å². The fourth-order valence-corrected chi connectivity index (χ4v) is 3.26. The molecule has 0 unspecified atom stereocenters. The van der Waals surface area contributed by atoms with Crippen LogP contribution in [0, 0.1) is 6.92 Å². The average molecular weight is 384 g/mol. The van der Waals surface area contributed by atoms with E-state index in [4.69, 9.17) is 12.2 Å². The van der Waals surface area contributed by atoms with Gasteiger partial charge in [0.05, 0.1) is 5.56 Å². The lowest BCUT2D eigenvalue weighted by molar-refractivity contribution is -0.137. The molecule has 25 heavy (non-hydrogen) atoms. The molecule has 7 heteroatoms. The summed E-state index contributed by atoms with van der Waals surface area (Å²) in [4.78, 5) is 0. The van der Waals surface area contributed by atoms with Gasteiger partial charge in [0.25, 0.3) is 0 Å². The molecule has 2 rings (SSSR count). The van der Waals surface area contributed by atoms with Crippen molar-refractivity contribution in [2.24, 2.45) is 0 Å². The summed E-state index contributed by atoms with van der Waals surface area (Å²) in [5, 5.41) is 6.34. The topological polar surface area (TPSA) is 24.1 Å². The van der Waals surface area contributed by atoms with Crippen molar-refractivity contribution in [1.29, 1.82) is 0 Å². The summed E-state index contributed by atoms with van der Waals surface area (Å²) in [6, 6.07) is 13.1. The van der Waals surface area contributed by atoms with Gasteiger partial charge in [0.1, 0.15) is 0 Å². The number of hydrogen-bond acceptors (Lipinski definition) is 2. The smallest absolute Gasteiger partial charge is 0.362 e. The summed E-state index contributed by atoms with van der Waals surface area (Å²) in [5.74, 6) is 1.82. The molecule has 134 valence electrons. The quantitative estimate of drug-likeness (QED) is 0.526. The van der Waals surface area contributed by atoms with Gasteiger partial charge >= 0.3 is 6.18 Å². The molecule has 0 heterocycles. The number of halogens is 3. The molecule has 0 saturated carbocycles. The molecule has 0 atom stereocenters. The second kappa shape index (κ2) is 9.10. The van der Waals surface area contributed by atoms with Gasteiger partial charge in [-0.1, -0.05) is 24.3 Å². The zero-order valence-corrected chi connectivity index (χ0v) is 15.3. The molecule has 0 aliphatic rings. The Morgan fingerprint density at radius 3 is 2.40 bits per heavy atom. The van der Waals surface area contributed by atoms with E-state index in [9.17, 15) is 13.2 Å². The molecule has 0 fully saturated rings. The van der Waals surface area contributed by atoms with Gasteiger partial charge in [-0.15, -0.1) is 0 Å². The van der Waals surface area contributed by atoms with Gasteiger partial charge in [-0.25, -0.2) is 0 Å². The normalized spacial score (nSPS) is 11.2. The van der Waals surface area contributed by atoms with Crippen LogP contribution in [0.4, 0.5) is 18.9 Å². The molecule has 2 N–H and O–H groups in total. The van der Waals surface area contributed by atoms with Gasteiger partial charge in [0, 0.05) is 23.7 Å². The minimum Gasteiger partial charge on any atom is -0.362 e. The Morgan fingerprint density at radius 1 is 1.08 bits per heavy atom. The van der Waals surface area contributed by atoms with Gasteiger partial charge in [0.15, 0.2) is 5.11 Å². The Hall–Kier alpha value is -1.73. The summed E-state index contributed by atoms with van der Waals surface area (Å²) in [7, 11) is 0. The third-order valence-electron chi connectivity index (χ3n) is 3.52. The van der Waals surface area contributed by atoms with Crippen LogP contribution in [0.2, 0.25) is 0 Å². The highest BCUT2D eigenvalue weighted by Crippen LogP contribution is 2.29. The van der Waals surface area contributed by atoms with Crippen LogP contribution < -0.4 is 10.6 Å². The SMILES string of the molecule is Cc1ccccc1CSCCNC(=S)Nc1ccc(C(F)(F)F)cc1. The Bertz CT molecular complexity index is 700. The maximum Gasteiger partial charge on any atom is 0.416 e. The van der Waals surface area contributed by atoms with Crippen molar-refractivity contribution in [1.82, 2.24) is 5.32 Å². The van der Waals surface area contributed by atoms with E-state index in [1.165, 1.54) is 23.3 Å². The Balaban J connectivity index is 1.68. The van der Waals surface area contributed by atoms with Crippen molar-refractivity contribution in [2.75, 3.05) is 17.6 Å². The molecule has 2 nitrogen and oxygen atoms in total. The van der Waals surface area contributed by atoms with Crippen LogP contribution in [0.25, 0.3) is 0 Å². The number of nitrogens with one attached hydrogen (secondary N) is 2. The molecule has 0 aliphatic heterocycles. The van der Waals surface area contributed by atoms with Crippen LogP contribution in [0.3, 0.4) is 0 Å². The average Bonchev–Trinajstić information content (AvgIpc) is 2.56. The number of hydrogen-bond donors (Lipinski definition) is 2. The predicted molar refractivity (Wildman–Crippen MR) is 103 cm³/mol. The maximum absolute atomic E-state index is 12.5. The Labute approximate surface area is 155 Å². The first kappa shape index (κ1) is 19.6. The second-order valence-electron chi connectivity index (χ2n) is 5.44. The molecule has 2 aromatic rings. The zero-order chi connectivity index (χ0) is 18.3. The minimum absolute atomic E-state index is 0.399. The third kappa shape index (κ3) is 6.59. The van der Waals surface area contributed by atoms with Gasteiger partial charge in [0.2, 0.25) is 0 Å². The predicted octanol–water partition coefficient (Wildman–Crippen LogP) is 5.23. The van der Waals surface area contributed by atoms with Crippen LogP contribution in [-0.4, -0.2) is 17.4 Å². The lowest BCUT2D eigenvalue weighted by atomic mass is 10.1. The molecule has 0 radical (unpaired) electrons. The summed E-state index contributed by atoms with van der Waals surface area (Å²) in [6.45, 7) is 2.78. The number of alkyl halides is 3. The first-order valence-electron chi connectivity index (χ1n) is 7.70. The number of aryl methyl sites for hydroxylation is 1. The van der Waals surface area contributed by atoms with E-state index < -0.39 is 11.7 Å². The lowest BCUT2D eigenvalue weighted by Crippen LogP contribution is -2.30. The fraction of sp³-hybridized carbons (Fsp3) is 0.278. The molecular weight excluding hydrogens is 365 g/mol. The van der Waals surface area contributed by atoms with Crippen molar-refractivity contribution in [3.63, 3.8) is 0 Å². The standard InChI is InChI=1S/C18H19F3N2S2/c1-13-4-2-3-5-14(13)12-25-11-10-22-17(24)23-16-8-6-15(7-9-16)18(19,20)21/h2-9H,10-12H2,1H3,(H2,22,23,24). The summed E-state index contributed by atoms with van der Waals surface area (Å²) < 4.78 is 37.5. The van der Waals surface area contributed by atoms with Gasteiger partial charge in [-0.2, -0.15) is 24.9 Å². The van der Waals surface area contributed by atoms with Crippen LogP contribution in [0.15, 0.2) is 48.5 Å². The van der Waals surface area contributed by atoms with E-state index >= 15 is 0 Å². The van der Waals surface area contributed by atoms with Crippen molar-refractivity contribution >= 4 is 34.8 Å². The Morgan fingerprint density at radius 2 is 1.76 bits per heavy atom. The van der Waals surface area contributed by atoms with Gasteiger partial charge in [-0.05, 0) is 54.5 Å². The first-order valence-corrected chi connectivity index (χ1v) is 9.27. The second-order valence-corrected chi connectivity index (χ2v) is 6.95. The highest BCUT2D eigenvalue weighted by molar-refractivity contribution is 7.98. The molecule has 2 aromatic carbocycles. The van der Waals surface area contributed by atoms with Crippen LogP contribution >= 0.6 is 24.0 Å². The zero-order valence-electron chi connectivity index (χ0n) is 13.7. The van der Waals surface area contributed by atoms with Crippen molar-refractivity contribution in [2.45, 2.75) is 18.9 Å². The molecule has 0 saturated heterocycles. The van der Waals surface area contributed by atoms with E-state index in [2.05, 4.69) is 29.7 Å². The van der Waals surface area contributed by atoms with Gasteiger partial charge in [-0.3, -0.25) is 0 Å². The van der Waals surface area contributed by atoms with Crippen molar-refractivity contribution < 1.29 is 13.2 Å². The first-order chi connectivity index (χ1) is 11.9. The largest absolute Gasteiger partial charge is 0.416 e. The highest BCUT2D eigenvalue weighted by atomic mass is 32.2. The molecule has 0 bridgehead atoms. The molecule has 0 aliphatic carbocycles. The van der Waals surface area contributed by atoms with Crippen molar-refractivity contribution in [3.05, 3.63) is 65.2 Å². The van der Waals surface area contributed by atoms with Crippen LogP contribution in [0.1, 0.15) is 16.7 Å². The van der Waals surface area contributed by atoms with E-state index in [0.717, 1.165) is 23.6 Å². The van der Waals surface area contributed by atoms with E-state index in [0.29, 0.717) is 17.3 Å². The monoisotopic (exact) mass is 384 g/mol. The third-order valence-corrected chi connectivity index (χ3v) is 4.78. The summed E-state index contributed by atoms with van der Waals surface area (Å²) in [5.41, 5.74) is 2.45. The molecule has 0 aromatic heterocycles. The van der Waals surface area contributed by atoms with E-state index in [1.807, 2.05) is 12.1 Å². The maximum atomic E-state index is 12.5. The fourth-order valence-electron chi connectivity index (χ4n) is 2.11. The number of anilines is 1. The molecule has 0 amide bonds. The molecule has 0 spiro atoms. The highest BCUT2D eigenvalue weighted by Gasteiger charge is 2.29. The summed E-state index contributed by atoms with van der Waals surface area (Å²) >= 11 is 6.95.